The fourth-order valence-corrected chi connectivity index (χ4v) is 6.43. The summed E-state index contributed by atoms with van der Waals surface area (Å²) in [6.07, 6.45) is 9.16. The number of ether oxygens (including phenoxy) is 1. The maximum Gasteiger partial charge on any atom is 0.307 e. The molecule has 4 saturated carbocycles. The van der Waals surface area contributed by atoms with Crippen LogP contribution >= 0.6 is 0 Å². The highest BCUT2D eigenvalue weighted by Crippen LogP contribution is 2.63. The van der Waals surface area contributed by atoms with E-state index < -0.39 is 5.97 Å². The van der Waals surface area contributed by atoms with Crippen LogP contribution < -0.4 is 4.74 Å². The van der Waals surface area contributed by atoms with Gasteiger partial charge in [0, 0.05) is 0 Å². The van der Waals surface area contributed by atoms with Crippen molar-refractivity contribution in [1.29, 1.82) is 0 Å². The SMILES string of the molecule is COc1cccc(CCC(C(=O)O)C23CC4CC(CC(C4)C2)C3)c1. The zero-order valence-corrected chi connectivity index (χ0v) is 14.5. The molecule has 0 heterocycles. The van der Waals surface area contributed by atoms with Gasteiger partial charge in [-0.3, -0.25) is 4.79 Å². The molecule has 4 aliphatic carbocycles. The largest absolute Gasteiger partial charge is 0.497 e. The van der Waals surface area contributed by atoms with Crippen LogP contribution in [0.2, 0.25) is 0 Å². The highest BCUT2D eigenvalue weighted by molar-refractivity contribution is 5.71. The Labute approximate surface area is 144 Å². The molecule has 4 fully saturated rings. The van der Waals surface area contributed by atoms with Gasteiger partial charge in [0.15, 0.2) is 0 Å². The lowest BCUT2D eigenvalue weighted by atomic mass is 9.46. The summed E-state index contributed by atoms with van der Waals surface area (Å²) in [7, 11) is 1.68. The molecule has 4 aliphatic rings. The summed E-state index contributed by atoms with van der Waals surface area (Å²) in [4.78, 5) is 12.1. The predicted octanol–water partition coefficient (Wildman–Crippen LogP) is 4.55. The number of rotatable bonds is 6. The molecule has 1 aromatic carbocycles. The number of benzene rings is 1. The van der Waals surface area contributed by atoms with Crippen LogP contribution in [0.15, 0.2) is 24.3 Å². The van der Waals surface area contributed by atoms with Gasteiger partial charge in [-0.2, -0.15) is 0 Å². The van der Waals surface area contributed by atoms with Gasteiger partial charge in [0.05, 0.1) is 13.0 Å². The van der Waals surface area contributed by atoms with E-state index in [0.29, 0.717) is 0 Å². The minimum atomic E-state index is -0.570. The average Bonchev–Trinajstić information content (AvgIpc) is 2.53. The number of methoxy groups -OCH3 is 1. The van der Waals surface area contributed by atoms with Crippen LogP contribution in [0, 0.1) is 29.1 Å². The molecule has 1 unspecified atom stereocenters. The zero-order chi connectivity index (χ0) is 16.7. The summed E-state index contributed by atoms with van der Waals surface area (Å²) in [6, 6.07) is 8.06. The highest BCUT2D eigenvalue weighted by Gasteiger charge is 2.55. The quantitative estimate of drug-likeness (QED) is 0.833. The Bertz CT molecular complexity index is 586. The van der Waals surface area contributed by atoms with Crippen LogP contribution in [0.25, 0.3) is 0 Å². The van der Waals surface area contributed by atoms with Crippen LogP contribution in [-0.2, 0) is 11.2 Å². The van der Waals surface area contributed by atoms with E-state index in [0.717, 1.165) is 55.6 Å². The van der Waals surface area contributed by atoms with Crippen molar-refractivity contribution in [2.24, 2.45) is 29.1 Å². The van der Waals surface area contributed by atoms with Crippen molar-refractivity contribution in [1.82, 2.24) is 0 Å². The Balaban J connectivity index is 1.51. The van der Waals surface area contributed by atoms with Gasteiger partial charge in [-0.15, -0.1) is 0 Å². The number of carbonyl (C=O) groups is 1. The number of hydrogen-bond donors (Lipinski definition) is 1. The van der Waals surface area contributed by atoms with E-state index in [2.05, 4.69) is 6.07 Å². The van der Waals surface area contributed by atoms with Crippen molar-refractivity contribution in [2.45, 2.75) is 51.4 Å². The van der Waals surface area contributed by atoms with Gasteiger partial charge in [0.25, 0.3) is 0 Å². The molecule has 0 aliphatic heterocycles. The summed E-state index contributed by atoms with van der Waals surface area (Å²) in [5.74, 6) is 2.51. The van der Waals surface area contributed by atoms with Crippen molar-refractivity contribution in [3.63, 3.8) is 0 Å². The Morgan fingerprint density at radius 3 is 2.38 bits per heavy atom. The van der Waals surface area contributed by atoms with Gasteiger partial charge in [-0.05, 0) is 92.2 Å². The molecule has 3 nitrogen and oxygen atoms in total. The number of aliphatic carboxylic acids is 1. The lowest BCUT2D eigenvalue weighted by molar-refractivity contribution is -0.158. The molecule has 0 aromatic heterocycles. The van der Waals surface area contributed by atoms with Crippen LogP contribution in [0.1, 0.15) is 50.5 Å². The fraction of sp³-hybridized carbons (Fsp3) is 0.667. The first kappa shape index (κ1) is 16.0. The van der Waals surface area contributed by atoms with E-state index in [1.54, 1.807) is 7.11 Å². The van der Waals surface area contributed by atoms with E-state index in [4.69, 9.17) is 4.74 Å². The number of aryl methyl sites for hydroxylation is 1. The third kappa shape index (κ3) is 2.82. The second kappa shape index (κ2) is 6.09. The monoisotopic (exact) mass is 328 g/mol. The van der Waals surface area contributed by atoms with E-state index in [1.165, 1.54) is 24.8 Å². The van der Waals surface area contributed by atoms with Crippen molar-refractivity contribution in [3.05, 3.63) is 29.8 Å². The molecule has 0 radical (unpaired) electrons. The van der Waals surface area contributed by atoms with Crippen LogP contribution in [0.4, 0.5) is 0 Å². The first-order valence-corrected chi connectivity index (χ1v) is 9.44. The molecule has 130 valence electrons. The Kier molecular flexibility index (Phi) is 4.06. The molecule has 1 atom stereocenters. The number of carboxylic acid groups (broad SMARTS) is 1. The van der Waals surface area contributed by atoms with E-state index in [9.17, 15) is 9.90 Å². The van der Waals surface area contributed by atoms with Crippen LogP contribution in [0.5, 0.6) is 5.75 Å². The lowest BCUT2D eigenvalue weighted by Gasteiger charge is -2.58. The zero-order valence-electron chi connectivity index (χ0n) is 14.5. The van der Waals surface area contributed by atoms with Crippen molar-refractivity contribution in [2.75, 3.05) is 7.11 Å². The Hall–Kier alpha value is -1.51. The molecule has 0 spiro atoms. The molecule has 4 bridgehead atoms. The Morgan fingerprint density at radius 1 is 1.21 bits per heavy atom. The van der Waals surface area contributed by atoms with E-state index >= 15 is 0 Å². The minimum Gasteiger partial charge on any atom is -0.497 e. The normalized spacial score (nSPS) is 35.0. The third-order valence-electron chi connectivity index (χ3n) is 6.98. The number of carboxylic acids is 1. The van der Waals surface area contributed by atoms with Gasteiger partial charge in [-0.1, -0.05) is 12.1 Å². The van der Waals surface area contributed by atoms with Gasteiger partial charge >= 0.3 is 5.97 Å². The second-order valence-electron chi connectivity index (χ2n) is 8.56. The lowest BCUT2D eigenvalue weighted by Crippen LogP contribution is -2.51. The van der Waals surface area contributed by atoms with Crippen LogP contribution in [-0.4, -0.2) is 18.2 Å². The van der Waals surface area contributed by atoms with Gasteiger partial charge in [0.1, 0.15) is 5.75 Å². The smallest absolute Gasteiger partial charge is 0.307 e. The first-order chi connectivity index (χ1) is 11.6. The predicted molar refractivity (Wildman–Crippen MR) is 93.0 cm³/mol. The molecular weight excluding hydrogens is 300 g/mol. The van der Waals surface area contributed by atoms with E-state index in [-0.39, 0.29) is 11.3 Å². The molecule has 1 aromatic rings. The average molecular weight is 328 g/mol. The molecule has 0 saturated heterocycles. The van der Waals surface area contributed by atoms with Crippen LogP contribution in [0.3, 0.4) is 0 Å². The van der Waals surface area contributed by atoms with Crippen molar-refractivity contribution >= 4 is 5.97 Å². The third-order valence-corrected chi connectivity index (χ3v) is 6.98. The van der Waals surface area contributed by atoms with Gasteiger partial charge in [-0.25, -0.2) is 0 Å². The minimum absolute atomic E-state index is 0.0828. The summed E-state index contributed by atoms with van der Waals surface area (Å²) in [5, 5.41) is 9.99. The standard InChI is InChI=1S/C21H28O3/c1-24-18-4-2-3-14(10-18)5-6-19(20(22)23)21-11-15-7-16(12-21)9-17(8-15)13-21/h2-4,10,15-17,19H,5-9,11-13H2,1H3,(H,22,23). The molecule has 3 heteroatoms. The van der Waals surface area contributed by atoms with Gasteiger partial charge < -0.3 is 9.84 Å². The summed E-state index contributed by atoms with van der Waals surface area (Å²) in [6.45, 7) is 0. The van der Waals surface area contributed by atoms with Gasteiger partial charge in [0.2, 0.25) is 0 Å². The summed E-state index contributed by atoms with van der Waals surface area (Å²) < 4.78 is 5.29. The molecule has 0 amide bonds. The first-order valence-electron chi connectivity index (χ1n) is 9.44. The molecular formula is C21H28O3. The Morgan fingerprint density at radius 2 is 1.83 bits per heavy atom. The fourth-order valence-electron chi connectivity index (χ4n) is 6.43. The molecule has 24 heavy (non-hydrogen) atoms. The molecule has 1 N–H and O–H groups in total. The maximum atomic E-state index is 12.1. The van der Waals surface area contributed by atoms with E-state index in [1.807, 2.05) is 18.2 Å². The van der Waals surface area contributed by atoms with Crippen molar-refractivity contribution < 1.29 is 14.6 Å². The summed E-state index contributed by atoms with van der Waals surface area (Å²) >= 11 is 0. The molecule has 5 rings (SSSR count). The van der Waals surface area contributed by atoms with Crippen molar-refractivity contribution in [3.8, 4) is 5.75 Å². The topological polar surface area (TPSA) is 46.5 Å². The second-order valence-corrected chi connectivity index (χ2v) is 8.56. The number of hydrogen-bond acceptors (Lipinski definition) is 2. The maximum absolute atomic E-state index is 12.1. The summed E-state index contributed by atoms with van der Waals surface area (Å²) in [5.41, 5.74) is 1.27. The highest BCUT2D eigenvalue weighted by atomic mass is 16.5.